The molecular weight excluding hydrogens is 888 g/mol. The van der Waals surface area contributed by atoms with E-state index < -0.39 is 0 Å². The van der Waals surface area contributed by atoms with Crippen LogP contribution in [0.15, 0.2) is 182 Å². The summed E-state index contributed by atoms with van der Waals surface area (Å²) in [6, 6.07) is 70.1. The number of nitrogens with zero attached hydrogens (tertiary/aromatic N) is 4. The van der Waals surface area contributed by atoms with Gasteiger partial charge < -0.3 is 18.2 Å². The first-order chi connectivity index (χ1) is 34.8. The van der Waals surface area contributed by atoms with Crippen LogP contribution in [0.3, 0.4) is 0 Å². The van der Waals surface area contributed by atoms with Crippen molar-refractivity contribution in [3.8, 4) is 33.6 Å². The van der Waals surface area contributed by atoms with E-state index in [1.165, 1.54) is 172 Å². The lowest BCUT2D eigenvalue weighted by molar-refractivity contribution is 0.712. The Hall–Kier alpha value is -8.36. The zero-order chi connectivity index (χ0) is 44.6. The Labute approximate surface area is 405 Å². The molecule has 0 bridgehead atoms. The predicted octanol–water partition coefficient (Wildman–Crippen LogP) is 15.6. The van der Waals surface area contributed by atoms with Crippen LogP contribution in [0, 0.1) is 0 Å². The smallest absolute Gasteiger partial charge is 0.333 e. The molecular formula is C63H31BN4S2. The van der Waals surface area contributed by atoms with Gasteiger partial charge in [-0.05, 0) is 52.9 Å². The molecule has 0 spiro atoms. The number of hydrogen-bond acceptors (Lipinski definition) is 2. The van der Waals surface area contributed by atoms with Gasteiger partial charge in [-0.3, -0.25) is 0 Å². The third kappa shape index (κ3) is 3.57. The molecule has 0 radical (unpaired) electrons. The monoisotopic (exact) mass is 918 g/mol. The van der Waals surface area contributed by atoms with Gasteiger partial charge in [0, 0.05) is 112 Å². The van der Waals surface area contributed by atoms with Crippen LogP contribution >= 0.6 is 22.7 Å². The van der Waals surface area contributed by atoms with Gasteiger partial charge in [0.25, 0.3) is 0 Å². The molecule has 70 heavy (non-hydrogen) atoms. The summed E-state index contributed by atoms with van der Waals surface area (Å²) in [5, 5.41) is 13.3. The highest BCUT2D eigenvalue weighted by Crippen LogP contribution is 2.60. The fourth-order valence-electron chi connectivity index (χ4n) is 15.0. The van der Waals surface area contributed by atoms with Crippen LogP contribution in [-0.2, 0) is 0 Å². The third-order valence-corrected chi connectivity index (χ3v) is 19.5. The number of hydrogen-bond donors (Lipinski definition) is 0. The lowest BCUT2D eigenvalue weighted by Crippen LogP contribution is -2.55. The second-order valence-corrected chi connectivity index (χ2v) is 22.3. The van der Waals surface area contributed by atoms with Crippen LogP contribution in [0.5, 0.6) is 0 Å². The summed E-state index contributed by atoms with van der Waals surface area (Å²) in [7, 11) is 0. The van der Waals surface area contributed by atoms with Gasteiger partial charge in [0.05, 0.1) is 50.3 Å². The van der Waals surface area contributed by atoms with Crippen molar-refractivity contribution in [1.82, 2.24) is 18.2 Å². The SMILES string of the molecule is c1ccc2c(c1)sc1cc3c4c(c12)-c1cccc2c1n(c1c5cccc6c5n(c21)C1c2c(cc5sc7ccccc7c5c2-6)-n2c5ccccc5c5cccc1c52)B4c1cccc2c4ccccc4n-3c12. The highest BCUT2D eigenvalue weighted by atomic mass is 32.1. The van der Waals surface area contributed by atoms with Crippen molar-refractivity contribution in [2.24, 2.45) is 0 Å². The van der Waals surface area contributed by atoms with Crippen molar-refractivity contribution in [3.63, 3.8) is 0 Å². The van der Waals surface area contributed by atoms with Crippen molar-refractivity contribution in [1.29, 1.82) is 0 Å². The zero-order valence-electron chi connectivity index (χ0n) is 37.1. The number of rotatable bonds is 0. The molecule has 1 atom stereocenters. The van der Waals surface area contributed by atoms with E-state index in [2.05, 4.69) is 200 Å². The Balaban J connectivity index is 1.04. The Kier molecular flexibility index (Phi) is 5.67. The van der Waals surface area contributed by atoms with Crippen LogP contribution < -0.4 is 10.9 Å². The van der Waals surface area contributed by atoms with Gasteiger partial charge in [0.1, 0.15) is 0 Å². The van der Waals surface area contributed by atoms with E-state index in [9.17, 15) is 0 Å². The van der Waals surface area contributed by atoms with Gasteiger partial charge in [-0.15, -0.1) is 22.7 Å². The number of thiophene rings is 2. The van der Waals surface area contributed by atoms with Gasteiger partial charge in [0.2, 0.25) is 0 Å². The molecule has 4 aliphatic rings. The molecule has 0 N–H and O–H groups in total. The van der Waals surface area contributed by atoms with E-state index in [-0.39, 0.29) is 12.9 Å². The molecule has 4 nitrogen and oxygen atoms in total. The minimum atomic E-state index is -0.0605. The molecule has 20 rings (SSSR count). The van der Waals surface area contributed by atoms with E-state index in [1.807, 2.05) is 22.7 Å². The van der Waals surface area contributed by atoms with Crippen molar-refractivity contribution in [2.75, 3.05) is 0 Å². The molecule has 0 amide bonds. The average molecular weight is 919 g/mol. The van der Waals surface area contributed by atoms with Crippen LogP contribution in [0.1, 0.15) is 17.2 Å². The molecule has 7 heteroatoms. The summed E-state index contributed by atoms with van der Waals surface area (Å²) in [4.78, 5) is 0. The van der Waals surface area contributed by atoms with E-state index in [0.717, 1.165) is 0 Å². The van der Waals surface area contributed by atoms with Crippen LogP contribution in [0.2, 0.25) is 0 Å². The molecule has 318 valence electrons. The van der Waals surface area contributed by atoms with Gasteiger partial charge >= 0.3 is 6.85 Å². The van der Waals surface area contributed by atoms with Gasteiger partial charge in [-0.1, -0.05) is 146 Å². The summed E-state index contributed by atoms with van der Waals surface area (Å²) in [6.07, 6.45) is 0. The van der Waals surface area contributed by atoms with E-state index in [0.29, 0.717) is 0 Å². The van der Waals surface area contributed by atoms with Gasteiger partial charge in [-0.2, -0.15) is 0 Å². The summed E-state index contributed by atoms with van der Waals surface area (Å²) >= 11 is 3.87. The predicted molar refractivity (Wildman–Crippen MR) is 298 cm³/mol. The highest BCUT2D eigenvalue weighted by Gasteiger charge is 2.46. The molecule has 4 aliphatic heterocycles. The summed E-state index contributed by atoms with van der Waals surface area (Å²) < 4.78 is 16.3. The maximum Gasteiger partial charge on any atom is 0.333 e. The summed E-state index contributed by atoms with van der Waals surface area (Å²) in [6.45, 7) is -0.0605. The van der Waals surface area contributed by atoms with Crippen molar-refractivity contribution in [2.45, 2.75) is 6.04 Å². The number of aromatic nitrogens is 4. The molecule has 0 aliphatic carbocycles. The van der Waals surface area contributed by atoms with E-state index in [4.69, 9.17) is 0 Å². The molecule has 0 saturated carbocycles. The molecule has 16 aromatic rings. The quantitative estimate of drug-likeness (QED) is 0.135. The molecule has 0 saturated heterocycles. The Bertz CT molecular complexity index is 4950. The maximum atomic E-state index is 2.83. The molecule has 0 fully saturated rings. The van der Waals surface area contributed by atoms with Crippen LogP contribution in [0.25, 0.3) is 150 Å². The second kappa shape index (κ2) is 11.4. The highest BCUT2D eigenvalue weighted by molar-refractivity contribution is 7.26. The summed E-state index contributed by atoms with van der Waals surface area (Å²) in [5.74, 6) is 0. The first kappa shape index (κ1) is 34.9. The molecule has 1 unspecified atom stereocenters. The maximum absolute atomic E-state index is 2.83. The third-order valence-electron chi connectivity index (χ3n) is 17.3. The zero-order valence-corrected chi connectivity index (χ0v) is 38.7. The standard InChI is InChI=1S/C63H31BN4S2/c1-5-25-43-31(13-1)33-17-9-21-39-57(33)65(43)45-29-49-51(35-15-3-7-27-47(35)69-49)53-37-19-10-22-40-58(37)67(61(39)55(45)53)62-41-23-11-20-38-54-52-36-16-4-8-28-48(36)70-50(52)30-46-56(54)64(68(59(38)41)63(40)62)42-24-12-18-34-32-14-2-6-26-44(32)66(46)60(34)42/h1-30,61H. The fourth-order valence-corrected chi connectivity index (χ4v) is 17.3. The summed E-state index contributed by atoms with van der Waals surface area (Å²) in [5.41, 5.74) is 24.1. The fraction of sp³-hybridized carbons (Fsp3) is 0.0159. The lowest BCUT2D eigenvalue weighted by atomic mass is 9.45. The lowest BCUT2D eigenvalue weighted by Gasteiger charge is -2.36. The topological polar surface area (TPSA) is 19.7 Å². The minimum Gasteiger partial charge on any atom is -0.374 e. The Morgan fingerprint density at radius 1 is 0.386 bits per heavy atom. The number of para-hydroxylation sites is 6. The van der Waals surface area contributed by atoms with Crippen LogP contribution in [-0.4, -0.2) is 25.0 Å². The van der Waals surface area contributed by atoms with Gasteiger partial charge in [-0.25, -0.2) is 0 Å². The Morgan fingerprint density at radius 2 is 0.929 bits per heavy atom. The van der Waals surface area contributed by atoms with E-state index in [1.54, 1.807) is 0 Å². The van der Waals surface area contributed by atoms with Crippen molar-refractivity contribution < 1.29 is 0 Å². The first-order valence-corrected chi connectivity index (χ1v) is 26.0. The molecule has 6 aromatic heterocycles. The van der Waals surface area contributed by atoms with E-state index >= 15 is 0 Å². The van der Waals surface area contributed by atoms with Crippen LogP contribution in [0.4, 0.5) is 0 Å². The van der Waals surface area contributed by atoms with Crippen molar-refractivity contribution in [3.05, 3.63) is 193 Å². The van der Waals surface area contributed by atoms with Crippen molar-refractivity contribution >= 4 is 157 Å². The average Bonchev–Trinajstić information content (AvgIpc) is 4.29. The Morgan fingerprint density at radius 3 is 1.66 bits per heavy atom. The minimum absolute atomic E-state index is 0.0605. The molecule has 10 heterocycles. The van der Waals surface area contributed by atoms with Gasteiger partial charge in [0.15, 0.2) is 0 Å². The first-order valence-electron chi connectivity index (χ1n) is 24.4. The molecule has 10 aromatic carbocycles. The number of benzene rings is 10. The second-order valence-electron chi connectivity index (χ2n) is 20.1. The normalized spacial score (nSPS) is 15.0. The number of fused-ring (bicyclic) bond motifs is 27. The largest absolute Gasteiger partial charge is 0.374 e.